The van der Waals surface area contributed by atoms with Gasteiger partial charge in [-0.25, -0.2) is 4.98 Å². The van der Waals surface area contributed by atoms with Crippen LogP contribution in [0.4, 0.5) is 5.82 Å². The summed E-state index contributed by atoms with van der Waals surface area (Å²) in [6.45, 7) is 0.797. The molecule has 2 aromatic rings. The van der Waals surface area contributed by atoms with E-state index >= 15 is 0 Å². The molecule has 3 rings (SSSR count). The first-order chi connectivity index (χ1) is 10.1. The number of carbonyl (C=O) groups is 1. The van der Waals surface area contributed by atoms with E-state index in [-0.39, 0.29) is 5.91 Å². The Morgan fingerprint density at radius 3 is 2.90 bits per heavy atom. The summed E-state index contributed by atoms with van der Waals surface area (Å²) in [6, 6.07) is 5.98. The van der Waals surface area contributed by atoms with E-state index in [0.717, 1.165) is 12.4 Å². The van der Waals surface area contributed by atoms with Crippen LogP contribution >= 0.6 is 11.3 Å². The van der Waals surface area contributed by atoms with Crippen molar-refractivity contribution in [3.8, 4) is 0 Å². The molecule has 0 aromatic carbocycles. The van der Waals surface area contributed by atoms with Gasteiger partial charge in [-0.1, -0.05) is 0 Å². The van der Waals surface area contributed by atoms with Crippen molar-refractivity contribution in [2.45, 2.75) is 25.8 Å². The lowest BCUT2D eigenvalue weighted by molar-refractivity contribution is 0.0827. The van der Waals surface area contributed by atoms with Gasteiger partial charge in [-0.15, -0.1) is 11.3 Å². The van der Waals surface area contributed by atoms with E-state index in [4.69, 9.17) is 0 Å². The van der Waals surface area contributed by atoms with Gasteiger partial charge in [0.15, 0.2) is 0 Å². The second kappa shape index (κ2) is 5.85. The number of aryl methyl sites for hydroxylation is 2. The first kappa shape index (κ1) is 14.1. The average Bonchev–Trinajstić information content (AvgIpc) is 3.06. The van der Waals surface area contributed by atoms with Gasteiger partial charge in [-0.3, -0.25) is 4.79 Å². The zero-order valence-electron chi connectivity index (χ0n) is 12.3. The first-order valence-electron chi connectivity index (χ1n) is 7.15. The van der Waals surface area contributed by atoms with Crippen LogP contribution in [-0.4, -0.2) is 29.9 Å². The van der Waals surface area contributed by atoms with E-state index in [1.165, 1.54) is 29.7 Å². The van der Waals surface area contributed by atoms with Gasteiger partial charge in [-0.05, 0) is 43.0 Å². The number of hydrogen-bond acceptors (Lipinski definition) is 4. The molecule has 0 saturated carbocycles. The van der Waals surface area contributed by atoms with Gasteiger partial charge in [-0.2, -0.15) is 0 Å². The van der Waals surface area contributed by atoms with E-state index < -0.39 is 0 Å². The first-order valence-corrected chi connectivity index (χ1v) is 7.97. The van der Waals surface area contributed by atoms with Gasteiger partial charge in [0, 0.05) is 30.0 Å². The number of fused-ring (bicyclic) bond motifs is 1. The Morgan fingerprint density at radius 1 is 1.38 bits per heavy atom. The summed E-state index contributed by atoms with van der Waals surface area (Å²) >= 11 is 1.90. The van der Waals surface area contributed by atoms with Crippen LogP contribution in [0.25, 0.3) is 0 Å². The van der Waals surface area contributed by atoms with Crippen LogP contribution in [-0.2, 0) is 19.4 Å². The second-order valence-corrected chi connectivity index (χ2v) is 6.72. The third-order valence-corrected chi connectivity index (χ3v) is 4.90. The normalized spacial score (nSPS) is 13.0. The van der Waals surface area contributed by atoms with Crippen LogP contribution in [0.1, 0.15) is 32.1 Å². The summed E-state index contributed by atoms with van der Waals surface area (Å²) in [4.78, 5) is 20.5. The molecule has 110 valence electrons. The zero-order chi connectivity index (χ0) is 14.8. The number of hydrogen-bond donors (Lipinski definition) is 1. The second-order valence-electron chi connectivity index (χ2n) is 5.50. The molecule has 2 aromatic heterocycles. The number of nitrogens with zero attached hydrogens (tertiary/aromatic N) is 2. The number of nitrogens with one attached hydrogen (secondary N) is 1. The molecule has 0 saturated heterocycles. The van der Waals surface area contributed by atoms with Crippen LogP contribution in [0.3, 0.4) is 0 Å². The van der Waals surface area contributed by atoms with E-state index in [1.807, 2.05) is 23.5 Å². The minimum atomic E-state index is -0.0243. The van der Waals surface area contributed by atoms with Crippen molar-refractivity contribution in [2.24, 2.45) is 0 Å². The fourth-order valence-corrected chi connectivity index (χ4v) is 3.74. The zero-order valence-corrected chi connectivity index (χ0v) is 13.2. The Morgan fingerprint density at radius 2 is 2.24 bits per heavy atom. The number of aromatic nitrogens is 1. The van der Waals surface area contributed by atoms with Crippen LogP contribution in [0.15, 0.2) is 24.4 Å². The maximum Gasteiger partial charge on any atom is 0.254 e. The molecule has 0 fully saturated rings. The van der Waals surface area contributed by atoms with Gasteiger partial charge in [0.25, 0.3) is 5.91 Å². The monoisotopic (exact) mass is 301 g/mol. The fourth-order valence-electron chi connectivity index (χ4n) is 2.54. The predicted molar refractivity (Wildman–Crippen MR) is 85.9 cm³/mol. The van der Waals surface area contributed by atoms with Crippen molar-refractivity contribution >= 4 is 23.1 Å². The highest BCUT2D eigenvalue weighted by atomic mass is 32.1. The van der Waals surface area contributed by atoms with E-state index in [9.17, 15) is 4.79 Å². The molecule has 1 N–H and O–H groups in total. The molecule has 0 aliphatic heterocycles. The molecule has 0 spiro atoms. The molecule has 1 amide bonds. The smallest absolute Gasteiger partial charge is 0.254 e. The van der Waals surface area contributed by atoms with Gasteiger partial charge < -0.3 is 10.2 Å². The third kappa shape index (κ3) is 3.08. The maximum atomic E-state index is 11.8. The molecule has 4 nitrogen and oxygen atoms in total. The van der Waals surface area contributed by atoms with E-state index in [1.54, 1.807) is 30.1 Å². The summed E-state index contributed by atoms with van der Waals surface area (Å²) in [7, 11) is 3.48. The van der Waals surface area contributed by atoms with Crippen LogP contribution in [0.5, 0.6) is 0 Å². The molecular weight excluding hydrogens is 282 g/mol. The lowest BCUT2D eigenvalue weighted by Crippen LogP contribution is -2.21. The Bertz CT molecular complexity index is 625. The van der Waals surface area contributed by atoms with Gasteiger partial charge in [0.05, 0.1) is 12.1 Å². The SMILES string of the molecule is CN(C)C(=O)c1ccc(NCc2cc3c(s2)CCC3)nc1. The third-order valence-electron chi connectivity index (χ3n) is 3.66. The maximum absolute atomic E-state index is 11.8. The van der Waals surface area contributed by atoms with Crippen LogP contribution < -0.4 is 5.32 Å². The number of carbonyl (C=O) groups excluding carboxylic acids is 1. The predicted octanol–water partition coefficient (Wildman–Crippen LogP) is 2.95. The topological polar surface area (TPSA) is 45.2 Å². The van der Waals surface area contributed by atoms with Crippen molar-refractivity contribution in [1.29, 1.82) is 0 Å². The molecule has 0 bridgehead atoms. The highest BCUT2D eigenvalue weighted by Gasteiger charge is 2.14. The van der Waals surface area contributed by atoms with E-state index in [2.05, 4.69) is 16.4 Å². The molecule has 0 unspecified atom stereocenters. The highest BCUT2D eigenvalue weighted by Crippen LogP contribution is 2.30. The molecule has 1 aliphatic rings. The van der Waals surface area contributed by atoms with Crippen molar-refractivity contribution in [1.82, 2.24) is 9.88 Å². The van der Waals surface area contributed by atoms with Crippen molar-refractivity contribution in [2.75, 3.05) is 19.4 Å². The lowest BCUT2D eigenvalue weighted by Gasteiger charge is -2.10. The Hall–Kier alpha value is -1.88. The molecule has 1 aliphatic carbocycles. The molecule has 21 heavy (non-hydrogen) atoms. The fraction of sp³-hybridized carbons (Fsp3) is 0.375. The molecule has 2 heterocycles. The number of amides is 1. The summed E-state index contributed by atoms with van der Waals surface area (Å²) in [5.74, 6) is 0.780. The number of pyridine rings is 1. The number of rotatable bonds is 4. The van der Waals surface area contributed by atoms with Crippen LogP contribution in [0.2, 0.25) is 0 Å². The quantitative estimate of drug-likeness (QED) is 0.944. The average molecular weight is 301 g/mol. The molecule has 5 heteroatoms. The highest BCUT2D eigenvalue weighted by molar-refractivity contribution is 7.12. The largest absolute Gasteiger partial charge is 0.365 e. The number of anilines is 1. The lowest BCUT2D eigenvalue weighted by atomic mass is 10.2. The summed E-state index contributed by atoms with van der Waals surface area (Å²) in [5, 5.41) is 3.32. The van der Waals surface area contributed by atoms with Crippen molar-refractivity contribution < 1.29 is 4.79 Å². The minimum Gasteiger partial charge on any atom is -0.365 e. The Kier molecular flexibility index (Phi) is 3.92. The summed E-state index contributed by atoms with van der Waals surface area (Å²) in [6.07, 6.45) is 5.39. The molecule has 0 radical (unpaired) electrons. The van der Waals surface area contributed by atoms with Gasteiger partial charge >= 0.3 is 0 Å². The molecule has 0 atom stereocenters. The molecular formula is C16H19N3OS. The minimum absolute atomic E-state index is 0.0243. The van der Waals surface area contributed by atoms with Crippen molar-refractivity contribution in [3.05, 3.63) is 45.3 Å². The Labute approximate surface area is 128 Å². The van der Waals surface area contributed by atoms with E-state index in [0.29, 0.717) is 5.56 Å². The number of thiophene rings is 1. The van der Waals surface area contributed by atoms with Crippen LogP contribution in [0, 0.1) is 0 Å². The summed E-state index contributed by atoms with van der Waals surface area (Å²) in [5.41, 5.74) is 2.14. The van der Waals surface area contributed by atoms with Crippen molar-refractivity contribution in [3.63, 3.8) is 0 Å². The Balaban J connectivity index is 1.61. The standard InChI is InChI=1S/C16H19N3OS/c1-19(2)16(20)12-6-7-15(17-9-12)18-10-13-8-11-4-3-5-14(11)21-13/h6-9H,3-5,10H2,1-2H3,(H,17,18). The van der Waals surface area contributed by atoms with Gasteiger partial charge in [0.2, 0.25) is 0 Å². The van der Waals surface area contributed by atoms with Gasteiger partial charge in [0.1, 0.15) is 5.82 Å². The summed E-state index contributed by atoms with van der Waals surface area (Å²) < 4.78 is 0.